The van der Waals surface area contributed by atoms with Crippen LogP contribution in [0.25, 0.3) is 0 Å². The molecule has 1 aliphatic rings. The van der Waals surface area contributed by atoms with Crippen molar-refractivity contribution in [3.63, 3.8) is 0 Å². The molecule has 21 heavy (non-hydrogen) atoms. The molecular weight excluding hydrogens is 272 g/mol. The summed E-state index contributed by atoms with van der Waals surface area (Å²) in [5.41, 5.74) is 3.03. The summed E-state index contributed by atoms with van der Waals surface area (Å²) in [6.07, 6.45) is 0.818. The molecule has 3 rings (SSSR count). The van der Waals surface area contributed by atoms with Gasteiger partial charge >= 0.3 is 0 Å². The Kier molecular flexibility index (Phi) is 3.59. The lowest BCUT2D eigenvalue weighted by Gasteiger charge is -2.24. The average Bonchev–Trinajstić information content (AvgIpc) is 3.06. The number of nitrogens with one attached hydrogen (secondary N) is 1. The number of ether oxygens (including phenoxy) is 2. The minimum atomic E-state index is -0.729. The SMILES string of the molecule is C/C(=N/NC(=O)[C@H]1COc2ccccc2O1)c1ccco1. The summed E-state index contributed by atoms with van der Waals surface area (Å²) in [5, 5.41) is 3.99. The minimum absolute atomic E-state index is 0.151. The first-order valence-corrected chi connectivity index (χ1v) is 6.50. The third-order valence-corrected chi connectivity index (χ3v) is 3.01. The highest BCUT2D eigenvalue weighted by Crippen LogP contribution is 2.30. The van der Waals surface area contributed by atoms with Gasteiger partial charge in [0.05, 0.1) is 6.26 Å². The second kappa shape index (κ2) is 5.70. The topological polar surface area (TPSA) is 73.1 Å². The van der Waals surface area contributed by atoms with E-state index in [1.54, 1.807) is 37.5 Å². The number of hydrazone groups is 1. The van der Waals surface area contributed by atoms with Gasteiger partial charge in [-0.1, -0.05) is 12.1 Å². The van der Waals surface area contributed by atoms with Crippen molar-refractivity contribution in [2.24, 2.45) is 5.10 Å². The van der Waals surface area contributed by atoms with E-state index in [9.17, 15) is 4.79 Å². The van der Waals surface area contributed by atoms with E-state index in [0.717, 1.165) is 0 Å². The molecule has 1 aromatic carbocycles. The lowest BCUT2D eigenvalue weighted by Crippen LogP contribution is -2.42. The van der Waals surface area contributed by atoms with Crippen molar-refractivity contribution < 1.29 is 18.7 Å². The van der Waals surface area contributed by atoms with Gasteiger partial charge in [0.25, 0.3) is 5.91 Å². The van der Waals surface area contributed by atoms with E-state index in [-0.39, 0.29) is 12.5 Å². The molecule has 6 nitrogen and oxygen atoms in total. The first-order valence-electron chi connectivity index (χ1n) is 6.50. The maximum atomic E-state index is 12.0. The molecule has 6 heteroatoms. The van der Waals surface area contributed by atoms with Crippen molar-refractivity contribution >= 4 is 11.6 Å². The normalized spacial score (nSPS) is 17.4. The quantitative estimate of drug-likeness (QED) is 0.691. The lowest BCUT2D eigenvalue weighted by molar-refractivity contribution is -0.130. The maximum absolute atomic E-state index is 12.0. The molecule has 0 fully saturated rings. The summed E-state index contributed by atoms with van der Waals surface area (Å²) >= 11 is 0. The molecule has 0 saturated carbocycles. The Morgan fingerprint density at radius 3 is 2.81 bits per heavy atom. The van der Waals surface area contributed by atoms with E-state index >= 15 is 0 Å². The molecule has 0 radical (unpaired) electrons. The second-order valence-corrected chi connectivity index (χ2v) is 4.51. The van der Waals surface area contributed by atoms with E-state index in [2.05, 4.69) is 10.5 Å². The van der Waals surface area contributed by atoms with Gasteiger partial charge in [-0.2, -0.15) is 5.10 Å². The summed E-state index contributed by atoms with van der Waals surface area (Å²) in [6.45, 7) is 1.89. The number of rotatable bonds is 3. The maximum Gasteiger partial charge on any atom is 0.284 e. The Morgan fingerprint density at radius 1 is 1.24 bits per heavy atom. The van der Waals surface area contributed by atoms with Crippen molar-refractivity contribution in [1.29, 1.82) is 0 Å². The number of benzene rings is 1. The van der Waals surface area contributed by atoms with Gasteiger partial charge in [-0.15, -0.1) is 0 Å². The van der Waals surface area contributed by atoms with E-state index in [0.29, 0.717) is 23.0 Å². The fourth-order valence-electron chi connectivity index (χ4n) is 1.90. The molecule has 1 atom stereocenters. The van der Waals surface area contributed by atoms with Crippen LogP contribution in [0.1, 0.15) is 12.7 Å². The van der Waals surface area contributed by atoms with Crippen molar-refractivity contribution in [1.82, 2.24) is 5.43 Å². The summed E-state index contributed by atoms with van der Waals surface area (Å²) < 4.78 is 16.3. The molecule has 108 valence electrons. The van der Waals surface area contributed by atoms with Crippen LogP contribution >= 0.6 is 0 Å². The summed E-state index contributed by atoms with van der Waals surface area (Å²) in [5.74, 6) is 1.42. The van der Waals surface area contributed by atoms with Crippen molar-refractivity contribution in [3.8, 4) is 11.5 Å². The van der Waals surface area contributed by atoms with Gasteiger partial charge in [-0.05, 0) is 31.2 Å². The van der Waals surface area contributed by atoms with Gasteiger partial charge in [0.1, 0.15) is 18.1 Å². The zero-order chi connectivity index (χ0) is 14.7. The van der Waals surface area contributed by atoms with Crippen LogP contribution in [0.2, 0.25) is 0 Å². The first-order chi connectivity index (χ1) is 10.2. The van der Waals surface area contributed by atoms with Crippen LogP contribution in [-0.4, -0.2) is 24.3 Å². The number of hydrogen-bond acceptors (Lipinski definition) is 5. The van der Waals surface area contributed by atoms with Crippen LogP contribution < -0.4 is 14.9 Å². The number of hydrogen-bond donors (Lipinski definition) is 1. The zero-order valence-electron chi connectivity index (χ0n) is 11.4. The predicted octanol–water partition coefficient (Wildman–Crippen LogP) is 1.96. The summed E-state index contributed by atoms with van der Waals surface area (Å²) in [6, 6.07) is 10.7. The molecule has 0 saturated heterocycles. The number of fused-ring (bicyclic) bond motifs is 1. The predicted molar refractivity (Wildman–Crippen MR) is 75.4 cm³/mol. The standard InChI is InChI=1S/C15H14N2O4/c1-10(11-7-4-8-19-11)16-17-15(18)14-9-20-12-5-2-3-6-13(12)21-14/h2-8,14H,9H2,1H3,(H,17,18)/b16-10-/t14-/m1/s1. The highest BCUT2D eigenvalue weighted by atomic mass is 16.6. The number of carbonyl (C=O) groups excluding carboxylic acids is 1. The Morgan fingerprint density at radius 2 is 2.05 bits per heavy atom. The van der Waals surface area contributed by atoms with E-state index in [1.165, 1.54) is 0 Å². The molecule has 0 aliphatic carbocycles. The molecule has 1 aliphatic heterocycles. The molecule has 2 heterocycles. The van der Waals surface area contributed by atoms with Crippen molar-refractivity contribution in [2.75, 3.05) is 6.61 Å². The number of para-hydroxylation sites is 2. The van der Waals surface area contributed by atoms with Crippen LogP contribution in [0, 0.1) is 0 Å². The monoisotopic (exact) mass is 286 g/mol. The van der Waals surface area contributed by atoms with Crippen LogP contribution in [0.15, 0.2) is 52.2 Å². The number of amides is 1. The van der Waals surface area contributed by atoms with E-state index in [4.69, 9.17) is 13.9 Å². The summed E-state index contributed by atoms with van der Waals surface area (Å²) in [7, 11) is 0. The van der Waals surface area contributed by atoms with Crippen LogP contribution in [0.5, 0.6) is 11.5 Å². The largest absolute Gasteiger partial charge is 0.485 e. The van der Waals surface area contributed by atoms with Gasteiger partial charge < -0.3 is 13.9 Å². The average molecular weight is 286 g/mol. The molecule has 0 unspecified atom stereocenters. The fourth-order valence-corrected chi connectivity index (χ4v) is 1.90. The van der Waals surface area contributed by atoms with Gasteiger partial charge in [0.15, 0.2) is 11.5 Å². The zero-order valence-corrected chi connectivity index (χ0v) is 11.4. The number of furan rings is 1. The van der Waals surface area contributed by atoms with E-state index < -0.39 is 6.10 Å². The van der Waals surface area contributed by atoms with Crippen LogP contribution in [0.3, 0.4) is 0 Å². The highest BCUT2D eigenvalue weighted by Gasteiger charge is 2.27. The fraction of sp³-hybridized carbons (Fsp3) is 0.200. The van der Waals surface area contributed by atoms with Gasteiger partial charge in [0, 0.05) is 0 Å². The Balaban J connectivity index is 1.63. The molecule has 1 amide bonds. The van der Waals surface area contributed by atoms with Gasteiger partial charge in [0.2, 0.25) is 6.10 Å². The molecule has 1 N–H and O–H groups in total. The molecule has 0 spiro atoms. The van der Waals surface area contributed by atoms with Crippen LogP contribution in [0.4, 0.5) is 0 Å². The highest BCUT2D eigenvalue weighted by molar-refractivity contribution is 5.97. The molecular formula is C15H14N2O4. The number of nitrogens with zero attached hydrogens (tertiary/aromatic N) is 1. The number of carbonyl (C=O) groups is 1. The molecule has 2 aromatic rings. The lowest BCUT2D eigenvalue weighted by atomic mass is 10.2. The Bertz CT molecular complexity index is 664. The van der Waals surface area contributed by atoms with Crippen molar-refractivity contribution in [2.45, 2.75) is 13.0 Å². The second-order valence-electron chi connectivity index (χ2n) is 4.51. The Hall–Kier alpha value is -2.76. The Labute approximate surface area is 121 Å². The first kappa shape index (κ1) is 13.2. The summed E-state index contributed by atoms with van der Waals surface area (Å²) in [4.78, 5) is 12.0. The third kappa shape index (κ3) is 2.89. The smallest absolute Gasteiger partial charge is 0.284 e. The minimum Gasteiger partial charge on any atom is -0.485 e. The third-order valence-electron chi connectivity index (χ3n) is 3.01. The van der Waals surface area contributed by atoms with Crippen LogP contribution in [-0.2, 0) is 4.79 Å². The molecule has 1 aromatic heterocycles. The van der Waals surface area contributed by atoms with Gasteiger partial charge in [-0.3, -0.25) is 4.79 Å². The van der Waals surface area contributed by atoms with Gasteiger partial charge in [-0.25, -0.2) is 5.43 Å². The van der Waals surface area contributed by atoms with Crippen molar-refractivity contribution in [3.05, 3.63) is 48.4 Å². The van der Waals surface area contributed by atoms with E-state index in [1.807, 2.05) is 12.1 Å². The molecule has 0 bridgehead atoms.